The first-order valence-electron chi connectivity index (χ1n) is 6.16. The van der Waals surface area contributed by atoms with Gasteiger partial charge in [-0.25, -0.2) is 4.98 Å². The molecule has 0 aliphatic heterocycles. The molecule has 0 aliphatic carbocycles. The molecule has 0 amide bonds. The highest BCUT2D eigenvalue weighted by molar-refractivity contribution is 5.85. The lowest BCUT2D eigenvalue weighted by Crippen LogP contribution is -1.93. The van der Waals surface area contributed by atoms with E-state index >= 15 is 0 Å². The molecule has 17 heavy (non-hydrogen) atoms. The fraction of sp³-hybridized carbons (Fsp3) is 0.500. The maximum absolute atomic E-state index is 6.01. The number of nitrogens with two attached hydrogens (primary N) is 1. The predicted octanol–water partition coefficient (Wildman–Crippen LogP) is 3.73. The molecule has 92 valence electrons. The van der Waals surface area contributed by atoms with Crippen LogP contribution < -0.4 is 5.73 Å². The van der Waals surface area contributed by atoms with Crippen LogP contribution in [-0.4, -0.2) is 4.98 Å². The molecule has 0 fully saturated rings. The zero-order valence-electron chi connectivity index (χ0n) is 10.9. The number of rotatable bonds is 3. The van der Waals surface area contributed by atoms with E-state index in [0.717, 1.165) is 23.4 Å². The molecule has 3 nitrogen and oxygen atoms in total. The third-order valence-electron chi connectivity index (χ3n) is 2.83. The largest absolute Gasteiger partial charge is 0.439 e. The summed E-state index contributed by atoms with van der Waals surface area (Å²) in [6.45, 7) is 8.60. The number of aromatic nitrogens is 1. The molecule has 2 aromatic rings. The summed E-state index contributed by atoms with van der Waals surface area (Å²) in [6.07, 6.45) is 0.852. The van der Waals surface area contributed by atoms with Crippen molar-refractivity contribution in [1.82, 2.24) is 4.98 Å². The summed E-state index contributed by atoms with van der Waals surface area (Å²) in [5.74, 6) is 1.77. The van der Waals surface area contributed by atoms with Crippen molar-refractivity contribution in [2.45, 2.75) is 40.0 Å². The molecule has 2 rings (SSSR count). The normalized spacial score (nSPS) is 11.9. The molecule has 3 heteroatoms. The minimum Gasteiger partial charge on any atom is -0.439 e. The summed E-state index contributed by atoms with van der Waals surface area (Å²) in [6, 6.07) is 4.06. The molecule has 1 aromatic heterocycles. The molecule has 2 N–H and O–H groups in total. The van der Waals surface area contributed by atoms with Crippen LogP contribution in [0.15, 0.2) is 16.5 Å². The van der Waals surface area contributed by atoms with Crippen molar-refractivity contribution in [3.63, 3.8) is 0 Å². The van der Waals surface area contributed by atoms with Gasteiger partial charge in [-0.3, -0.25) is 0 Å². The Labute approximate surface area is 102 Å². The van der Waals surface area contributed by atoms with Gasteiger partial charge in [0.2, 0.25) is 0 Å². The summed E-state index contributed by atoms with van der Waals surface area (Å²) in [5.41, 5.74) is 9.51. The highest BCUT2D eigenvalue weighted by atomic mass is 16.3. The molecule has 1 aromatic carbocycles. The van der Waals surface area contributed by atoms with Crippen LogP contribution in [0.1, 0.15) is 45.1 Å². The van der Waals surface area contributed by atoms with Crippen LogP contribution in [0.3, 0.4) is 0 Å². The first kappa shape index (κ1) is 12.0. The maximum Gasteiger partial charge on any atom is 0.195 e. The Kier molecular flexibility index (Phi) is 3.09. The predicted molar refractivity (Wildman–Crippen MR) is 71.1 cm³/mol. The van der Waals surface area contributed by atoms with Crippen LogP contribution in [0, 0.1) is 5.92 Å². The molecule has 0 radical (unpaired) electrons. The second-order valence-corrected chi connectivity index (χ2v) is 5.32. The number of anilines is 1. The second kappa shape index (κ2) is 4.40. The molecular weight excluding hydrogens is 212 g/mol. The Bertz CT molecular complexity index is 526. The van der Waals surface area contributed by atoms with E-state index in [4.69, 9.17) is 10.2 Å². The van der Waals surface area contributed by atoms with E-state index in [1.807, 2.05) is 6.07 Å². The van der Waals surface area contributed by atoms with Gasteiger partial charge in [0.05, 0.1) is 5.69 Å². The lowest BCUT2D eigenvalue weighted by atomic mass is 10.0. The average molecular weight is 232 g/mol. The van der Waals surface area contributed by atoms with Crippen LogP contribution >= 0.6 is 0 Å². The third-order valence-corrected chi connectivity index (χ3v) is 2.83. The van der Waals surface area contributed by atoms with Crippen LogP contribution in [-0.2, 0) is 6.42 Å². The van der Waals surface area contributed by atoms with E-state index in [1.54, 1.807) is 0 Å². The summed E-state index contributed by atoms with van der Waals surface area (Å²) in [5, 5.41) is 0. The number of benzene rings is 1. The zero-order chi connectivity index (χ0) is 12.6. The van der Waals surface area contributed by atoms with Crippen molar-refractivity contribution in [3.8, 4) is 0 Å². The average Bonchev–Trinajstić information content (AvgIpc) is 2.59. The van der Waals surface area contributed by atoms with Gasteiger partial charge in [-0.2, -0.15) is 0 Å². The van der Waals surface area contributed by atoms with Crippen LogP contribution in [0.4, 0.5) is 5.69 Å². The van der Waals surface area contributed by atoms with Crippen molar-refractivity contribution in [3.05, 3.63) is 23.6 Å². The van der Waals surface area contributed by atoms with E-state index in [-0.39, 0.29) is 0 Å². The quantitative estimate of drug-likeness (QED) is 0.820. The summed E-state index contributed by atoms with van der Waals surface area (Å²) in [7, 11) is 0. The Morgan fingerprint density at radius 1 is 1.24 bits per heavy atom. The molecule has 0 aliphatic rings. The van der Waals surface area contributed by atoms with Gasteiger partial charge >= 0.3 is 0 Å². The highest BCUT2D eigenvalue weighted by Gasteiger charge is 2.12. The number of hydrogen-bond acceptors (Lipinski definition) is 3. The van der Waals surface area contributed by atoms with Crippen LogP contribution in [0.25, 0.3) is 11.1 Å². The van der Waals surface area contributed by atoms with Gasteiger partial charge in [0, 0.05) is 6.42 Å². The van der Waals surface area contributed by atoms with Gasteiger partial charge in [0.15, 0.2) is 11.5 Å². The topological polar surface area (TPSA) is 52.0 Å². The maximum atomic E-state index is 6.01. The lowest BCUT2D eigenvalue weighted by molar-refractivity contribution is 0.483. The van der Waals surface area contributed by atoms with Gasteiger partial charge in [0.25, 0.3) is 0 Å². The molecule has 0 atom stereocenters. The number of nitrogen functional groups attached to an aromatic ring is 1. The summed E-state index contributed by atoms with van der Waals surface area (Å²) in [4.78, 5) is 4.51. The zero-order valence-corrected chi connectivity index (χ0v) is 10.9. The standard InChI is InChI=1S/C14H20N2O/c1-8(2)5-13-16-12-7-10(9(3)4)6-11(15)14(12)17-13/h6-9H,5,15H2,1-4H3. The highest BCUT2D eigenvalue weighted by Crippen LogP contribution is 2.28. The van der Waals surface area contributed by atoms with Crippen LogP contribution in [0.2, 0.25) is 0 Å². The fourth-order valence-electron chi connectivity index (χ4n) is 1.90. The number of oxazole rings is 1. The minimum absolute atomic E-state index is 0.451. The molecule has 0 saturated carbocycles. The van der Waals surface area contributed by atoms with Crippen LogP contribution in [0.5, 0.6) is 0 Å². The Hall–Kier alpha value is -1.51. The van der Waals surface area contributed by atoms with E-state index < -0.39 is 0 Å². The van der Waals surface area contributed by atoms with Crippen molar-refractivity contribution in [2.75, 3.05) is 5.73 Å². The Balaban J connectivity index is 2.49. The van der Waals surface area contributed by atoms with Crippen molar-refractivity contribution in [1.29, 1.82) is 0 Å². The van der Waals surface area contributed by atoms with Gasteiger partial charge in [-0.05, 0) is 29.5 Å². The smallest absolute Gasteiger partial charge is 0.195 e. The van der Waals surface area contributed by atoms with E-state index in [1.165, 1.54) is 5.56 Å². The van der Waals surface area contributed by atoms with Crippen molar-refractivity contribution >= 4 is 16.8 Å². The van der Waals surface area contributed by atoms with E-state index in [9.17, 15) is 0 Å². The fourth-order valence-corrected chi connectivity index (χ4v) is 1.90. The number of fused-ring (bicyclic) bond motifs is 1. The second-order valence-electron chi connectivity index (χ2n) is 5.32. The summed E-state index contributed by atoms with van der Waals surface area (Å²) >= 11 is 0. The number of nitrogens with zero attached hydrogens (tertiary/aromatic N) is 1. The summed E-state index contributed by atoms with van der Waals surface area (Å²) < 4.78 is 5.71. The third kappa shape index (κ3) is 2.43. The SMILES string of the molecule is CC(C)Cc1nc2cc(C(C)C)cc(N)c2o1. The minimum atomic E-state index is 0.451. The van der Waals surface area contributed by atoms with Crippen molar-refractivity contribution < 1.29 is 4.42 Å². The first-order valence-corrected chi connectivity index (χ1v) is 6.16. The monoisotopic (exact) mass is 232 g/mol. The van der Waals surface area contributed by atoms with Crippen molar-refractivity contribution in [2.24, 2.45) is 5.92 Å². The molecular formula is C14H20N2O. The van der Waals surface area contributed by atoms with Gasteiger partial charge in [0.1, 0.15) is 5.52 Å². The van der Waals surface area contributed by atoms with Gasteiger partial charge in [-0.15, -0.1) is 0 Å². The number of hydrogen-bond donors (Lipinski definition) is 1. The molecule has 0 bridgehead atoms. The molecule has 0 spiro atoms. The molecule has 0 saturated heterocycles. The van der Waals surface area contributed by atoms with E-state index in [0.29, 0.717) is 17.5 Å². The Morgan fingerprint density at radius 2 is 1.94 bits per heavy atom. The van der Waals surface area contributed by atoms with Gasteiger partial charge < -0.3 is 10.2 Å². The lowest BCUT2D eigenvalue weighted by Gasteiger charge is -2.05. The van der Waals surface area contributed by atoms with E-state index in [2.05, 4.69) is 38.7 Å². The first-order chi connectivity index (χ1) is 7.97. The van der Waals surface area contributed by atoms with Gasteiger partial charge in [-0.1, -0.05) is 27.7 Å². The molecule has 0 unspecified atom stereocenters. The molecule has 1 heterocycles. The Morgan fingerprint density at radius 3 is 2.53 bits per heavy atom.